The van der Waals surface area contributed by atoms with Gasteiger partial charge in [-0.3, -0.25) is 0 Å². The van der Waals surface area contributed by atoms with Gasteiger partial charge in [0.1, 0.15) is 0 Å². The molecule has 2 rings (SSSR count). The third-order valence-corrected chi connectivity index (χ3v) is 12.8. The van der Waals surface area contributed by atoms with Crippen molar-refractivity contribution in [2.75, 3.05) is 6.54 Å². The third-order valence-electron chi connectivity index (χ3n) is 4.93. The zero-order valence-electron chi connectivity index (χ0n) is 20.6. The third kappa shape index (κ3) is 8.94. The van der Waals surface area contributed by atoms with Crippen LogP contribution in [0.15, 0.2) is 24.8 Å². The maximum Gasteiger partial charge on any atom is 0.349 e. The molecular formula is C21H48ClN5Si2. The molecule has 0 fully saturated rings. The molecule has 2 heterocycles. The van der Waals surface area contributed by atoms with E-state index in [0.29, 0.717) is 24.2 Å². The van der Waals surface area contributed by atoms with Crippen LogP contribution in [0.25, 0.3) is 0 Å². The highest BCUT2D eigenvalue weighted by atomic mass is 35.6. The molecule has 0 aromatic rings. The SMILES string of the molecule is CC(C)N1C=CN(C(C)C)[SiH]1Cl.CCC[SiH]1N(C(C)C)C=CN1C(C)C.CCN. The molecule has 0 unspecified atom stereocenters. The first-order valence-electron chi connectivity index (χ1n) is 11.3. The topological polar surface area (TPSA) is 39.0 Å². The molecule has 172 valence electrons. The van der Waals surface area contributed by atoms with Crippen LogP contribution < -0.4 is 5.73 Å². The normalized spacial score (nSPS) is 17.1. The predicted molar refractivity (Wildman–Crippen MR) is 136 cm³/mol. The van der Waals surface area contributed by atoms with E-state index in [2.05, 4.69) is 105 Å². The molecule has 0 aliphatic carbocycles. The van der Waals surface area contributed by atoms with Crippen molar-refractivity contribution in [3.05, 3.63) is 24.8 Å². The monoisotopic (exact) mass is 461 g/mol. The van der Waals surface area contributed by atoms with E-state index in [1.807, 2.05) is 6.92 Å². The summed E-state index contributed by atoms with van der Waals surface area (Å²) in [5.74, 6) is 0. The number of nitrogens with zero attached hydrogens (tertiary/aromatic N) is 4. The number of hydrogen-bond acceptors (Lipinski definition) is 5. The van der Waals surface area contributed by atoms with E-state index < -0.39 is 17.5 Å². The summed E-state index contributed by atoms with van der Waals surface area (Å²) in [7, 11) is -2.24. The van der Waals surface area contributed by atoms with Crippen molar-refractivity contribution in [2.45, 2.75) is 106 Å². The molecule has 0 radical (unpaired) electrons. The van der Waals surface area contributed by atoms with E-state index in [0.717, 1.165) is 6.54 Å². The van der Waals surface area contributed by atoms with Crippen molar-refractivity contribution in [3.63, 3.8) is 0 Å². The molecule has 5 nitrogen and oxygen atoms in total. The van der Waals surface area contributed by atoms with Gasteiger partial charge in [-0.25, -0.2) is 0 Å². The van der Waals surface area contributed by atoms with Crippen molar-refractivity contribution in [2.24, 2.45) is 5.73 Å². The first-order valence-corrected chi connectivity index (χ1v) is 16.0. The Hall–Kier alpha value is -0.636. The van der Waals surface area contributed by atoms with Gasteiger partial charge in [0.25, 0.3) is 0 Å². The average Bonchev–Trinajstić information content (AvgIpc) is 3.20. The Morgan fingerprint density at radius 3 is 1.17 bits per heavy atom. The van der Waals surface area contributed by atoms with Crippen molar-refractivity contribution < 1.29 is 0 Å². The molecule has 0 atom stereocenters. The summed E-state index contributed by atoms with van der Waals surface area (Å²) in [5.41, 5.74) is 4.85. The molecule has 0 spiro atoms. The van der Waals surface area contributed by atoms with Crippen LogP contribution in [0, 0.1) is 0 Å². The largest absolute Gasteiger partial charge is 0.386 e. The van der Waals surface area contributed by atoms with Crippen LogP contribution in [-0.4, -0.2) is 66.5 Å². The standard InChI is InChI=1S/C11H24N2Si.C8H17ClN2Si.C2H7N/c1-6-9-14-12(10(2)3)7-8-13(14)11(4)5;1-7(2)10-5-6-11(8(3)4)12(10)9;1-2-3/h7-8,10-11,14H,6,9H2,1-5H3;5-8,12H,1-4H3;2-3H2,1H3. The second-order valence-corrected chi connectivity index (χ2v) is 14.5. The lowest BCUT2D eigenvalue weighted by Gasteiger charge is -2.35. The summed E-state index contributed by atoms with van der Waals surface area (Å²) < 4.78 is 9.76. The molecule has 0 aromatic carbocycles. The fraction of sp³-hybridized carbons (Fsp3) is 0.810. The van der Waals surface area contributed by atoms with Crippen LogP contribution in [0.2, 0.25) is 6.04 Å². The fourth-order valence-electron chi connectivity index (χ4n) is 3.38. The highest BCUT2D eigenvalue weighted by Gasteiger charge is 2.31. The van der Waals surface area contributed by atoms with E-state index >= 15 is 0 Å². The molecule has 0 saturated carbocycles. The Balaban J connectivity index is 0.000000481. The Bertz CT molecular complexity index is 450. The van der Waals surface area contributed by atoms with Crippen molar-refractivity contribution >= 4 is 28.6 Å². The zero-order valence-corrected chi connectivity index (χ0v) is 23.7. The number of nitrogens with two attached hydrogens (primary N) is 1. The van der Waals surface area contributed by atoms with Gasteiger partial charge >= 0.3 is 8.43 Å². The summed E-state index contributed by atoms with van der Waals surface area (Å²) in [6.07, 6.45) is 10.2. The van der Waals surface area contributed by atoms with Crippen molar-refractivity contribution in [1.82, 2.24) is 18.3 Å². The van der Waals surface area contributed by atoms with E-state index in [9.17, 15) is 0 Å². The predicted octanol–water partition coefficient (Wildman–Crippen LogP) is 4.34. The van der Waals surface area contributed by atoms with Gasteiger partial charge < -0.3 is 24.0 Å². The van der Waals surface area contributed by atoms with Crippen LogP contribution in [-0.2, 0) is 0 Å². The first-order chi connectivity index (χ1) is 13.5. The molecule has 0 saturated heterocycles. The molecule has 0 bridgehead atoms. The lowest BCUT2D eigenvalue weighted by Crippen LogP contribution is -2.48. The minimum Gasteiger partial charge on any atom is -0.386 e. The van der Waals surface area contributed by atoms with E-state index in [4.69, 9.17) is 16.8 Å². The molecule has 29 heavy (non-hydrogen) atoms. The molecule has 2 aliphatic heterocycles. The van der Waals surface area contributed by atoms with E-state index in [-0.39, 0.29) is 0 Å². The van der Waals surface area contributed by atoms with Gasteiger partial charge in [0.15, 0.2) is 0 Å². The van der Waals surface area contributed by atoms with Gasteiger partial charge in [-0.1, -0.05) is 20.3 Å². The summed E-state index contributed by atoms with van der Waals surface area (Å²) >= 11 is 6.36. The van der Waals surface area contributed by atoms with Crippen molar-refractivity contribution in [3.8, 4) is 0 Å². The Morgan fingerprint density at radius 2 is 0.966 bits per heavy atom. The van der Waals surface area contributed by atoms with E-state index in [1.165, 1.54) is 12.5 Å². The summed E-state index contributed by atoms with van der Waals surface area (Å²) in [6, 6.07) is 3.78. The quantitative estimate of drug-likeness (QED) is 0.470. The highest BCUT2D eigenvalue weighted by molar-refractivity contribution is 7.04. The minimum absolute atomic E-state index is 0.527. The van der Waals surface area contributed by atoms with Gasteiger partial charge in [-0.05, 0) is 68.0 Å². The first kappa shape index (κ1) is 28.4. The van der Waals surface area contributed by atoms with Crippen LogP contribution in [0.4, 0.5) is 0 Å². The summed E-state index contributed by atoms with van der Waals surface area (Å²) in [4.78, 5) is 0. The van der Waals surface area contributed by atoms with Crippen LogP contribution in [0.5, 0.6) is 0 Å². The summed E-state index contributed by atoms with van der Waals surface area (Å²) in [6.45, 7) is 22.8. The smallest absolute Gasteiger partial charge is 0.349 e. The number of hydrogen-bond donors (Lipinski definition) is 1. The molecule has 0 aromatic heterocycles. The molecule has 8 heteroatoms. The average molecular weight is 462 g/mol. The Labute approximate surface area is 189 Å². The molecule has 0 amide bonds. The van der Waals surface area contributed by atoms with Gasteiger partial charge in [0.2, 0.25) is 9.12 Å². The molecule has 2 aliphatic rings. The maximum absolute atomic E-state index is 6.36. The van der Waals surface area contributed by atoms with Crippen LogP contribution in [0.3, 0.4) is 0 Å². The maximum atomic E-state index is 6.36. The van der Waals surface area contributed by atoms with Gasteiger partial charge in [-0.15, -0.1) is 11.1 Å². The van der Waals surface area contributed by atoms with Gasteiger partial charge in [-0.2, -0.15) is 0 Å². The number of halogens is 1. The Morgan fingerprint density at radius 1 is 0.690 bits per heavy atom. The molecule has 2 N–H and O–H groups in total. The minimum atomic E-state index is -1.37. The second kappa shape index (κ2) is 14.4. The molecular weight excluding hydrogens is 414 g/mol. The summed E-state index contributed by atoms with van der Waals surface area (Å²) in [5, 5.41) is 0. The Kier molecular flexibility index (Phi) is 14.1. The van der Waals surface area contributed by atoms with Gasteiger partial charge in [0, 0.05) is 49.0 Å². The lowest BCUT2D eigenvalue weighted by atomic mass is 10.4. The zero-order chi connectivity index (χ0) is 22.7. The second-order valence-electron chi connectivity index (χ2n) is 8.75. The number of rotatable bonds is 6. The van der Waals surface area contributed by atoms with E-state index in [1.54, 1.807) is 0 Å². The van der Waals surface area contributed by atoms with Crippen LogP contribution in [0.1, 0.15) is 75.7 Å². The van der Waals surface area contributed by atoms with Crippen LogP contribution >= 0.6 is 11.1 Å². The lowest BCUT2D eigenvalue weighted by molar-refractivity contribution is 0.418. The fourth-order valence-corrected chi connectivity index (χ4v) is 10.2. The highest BCUT2D eigenvalue weighted by Crippen LogP contribution is 2.22. The van der Waals surface area contributed by atoms with Gasteiger partial charge in [0.05, 0.1) is 0 Å². The van der Waals surface area contributed by atoms with Crippen molar-refractivity contribution in [1.29, 1.82) is 0 Å².